The van der Waals surface area contributed by atoms with Crippen LogP contribution in [0.1, 0.15) is 32.1 Å². The van der Waals surface area contributed by atoms with E-state index in [1.54, 1.807) is 0 Å². The maximum absolute atomic E-state index is 12.8. The molecule has 3 aliphatic rings. The molecule has 1 aliphatic carbocycles. The van der Waals surface area contributed by atoms with Gasteiger partial charge in [-0.2, -0.15) is 0 Å². The number of amides is 2. The number of nitrogens with zero attached hydrogens (tertiary/aromatic N) is 3. The number of ketones is 1. The molecular formula is C22H30N4O3. The smallest absolute Gasteiger partial charge is 0.228 e. The van der Waals surface area contributed by atoms with Crippen molar-refractivity contribution in [3.63, 3.8) is 0 Å². The minimum absolute atomic E-state index is 0.0246. The lowest BCUT2D eigenvalue weighted by atomic mass is 9.85. The number of piperazine rings is 1. The number of carbonyl (C=O) groups is 3. The SMILES string of the molecule is CN(C)c1cccc(N2CCN(C(=O)CCC3(C4CC4)NC(=O)CC3=O)CC2)c1. The van der Waals surface area contributed by atoms with Gasteiger partial charge in [-0.3, -0.25) is 14.4 Å². The van der Waals surface area contributed by atoms with E-state index in [1.807, 2.05) is 19.0 Å². The summed E-state index contributed by atoms with van der Waals surface area (Å²) in [6.45, 7) is 2.96. The molecule has 1 atom stereocenters. The number of carbonyl (C=O) groups excluding carboxylic acids is 3. The molecule has 1 N–H and O–H groups in total. The first-order chi connectivity index (χ1) is 13.9. The van der Waals surface area contributed by atoms with Gasteiger partial charge in [0.2, 0.25) is 11.8 Å². The highest BCUT2D eigenvalue weighted by atomic mass is 16.2. The van der Waals surface area contributed by atoms with Gasteiger partial charge in [0.1, 0.15) is 5.54 Å². The highest BCUT2D eigenvalue weighted by Crippen LogP contribution is 2.45. The number of rotatable bonds is 6. The first-order valence-corrected chi connectivity index (χ1v) is 10.5. The largest absolute Gasteiger partial charge is 0.378 e. The third-order valence-electron chi connectivity index (χ3n) is 6.53. The summed E-state index contributed by atoms with van der Waals surface area (Å²) in [6.07, 6.45) is 2.65. The molecule has 7 heteroatoms. The summed E-state index contributed by atoms with van der Waals surface area (Å²) < 4.78 is 0. The van der Waals surface area contributed by atoms with Crippen molar-refractivity contribution in [2.45, 2.75) is 37.6 Å². The van der Waals surface area contributed by atoms with E-state index in [-0.39, 0.29) is 29.9 Å². The Morgan fingerprint density at radius 1 is 1.17 bits per heavy atom. The van der Waals surface area contributed by atoms with Crippen LogP contribution in [0, 0.1) is 5.92 Å². The van der Waals surface area contributed by atoms with Crippen LogP contribution in [0.2, 0.25) is 0 Å². The van der Waals surface area contributed by atoms with Gasteiger partial charge in [0.05, 0.1) is 6.42 Å². The fourth-order valence-corrected chi connectivity index (χ4v) is 4.62. The van der Waals surface area contributed by atoms with Crippen LogP contribution in [0.5, 0.6) is 0 Å². The van der Waals surface area contributed by atoms with Crippen molar-refractivity contribution in [1.82, 2.24) is 10.2 Å². The highest BCUT2D eigenvalue weighted by Gasteiger charge is 2.55. The van der Waals surface area contributed by atoms with Crippen molar-refractivity contribution in [2.75, 3.05) is 50.1 Å². The predicted octanol–water partition coefficient (Wildman–Crippen LogP) is 1.42. The molecule has 1 aromatic rings. The second kappa shape index (κ2) is 7.69. The van der Waals surface area contributed by atoms with Crippen LogP contribution in [-0.2, 0) is 14.4 Å². The van der Waals surface area contributed by atoms with Gasteiger partial charge in [-0.1, -0.05) is 6.07 Å². The van der Waals surface area contributed by atoms with E-state index >= 15 is 0 Å². The second-order valence-electron chi connectivity index (χ2n) is 8.68. The van der Waals surface area contributed by atoms with Gasteiger partial charge in [0.15, 0.2) is 5.78 Å². The summed E-state index contributed by atoms with van der Waals surface area (Å²) >= 11 is 0. The molecule has 0 bridgehead atoms. The van der Waals surface area contributed by atoms with Crippen molar-refractivity contribution >= 4 is 29.0 Å². The molecular weight excluding hydrogens is 368 g/mol. The van der Waals surface area contributed by atoms with Crippen LogP contribution in [0.25, 0.3) is 0 Å². The number of nitrogens with one attached hydrogen (secondary N) is 1. The van der Waals surface area contributed by atoms with Crippen LogP contribution in [0.3, 0.4) is 0 Å². The summed E-state index contributed by atoms with van der Waals surface area (Å²) in [5, 5.41) is 2.91. The Balaban J connectivity index is 1.32. The van der Waals surface area contributed by atoms with E-state index in [0.29, 0.717) is 25.9 Å². The maximum atomic E-state index is 12.8. The molecule has 0 radical (unpaired) electrons. The van der Waals surface area contributed by atoms with Crippen molar-refractivity contribution in [2.24, 2.45) is 5.92 Å². The van der Waals surface area contributed by atoms with Crippen molar-refractivity contribution in [3.05, 3.63) is 24.3 Å². The fraction of sp³-hybridized carbons (Fsp3) is 0.591. The van der Waals surface area contributed by atoms with Gasteiger partial charge in [-0.05, 0) is 43.4 Å². The molecule has 1 unspecified atom stereocenters. The Bertz CT molecular complexity index is 812. The molecule has 2 saturated heterocycles. The van der Waals surface area contributed by atoms with Gasteiger partial charge in [-0.15, -0.1) is 0 Å². The Kier molecular flexibility index (Phi) is 5.23. The zero-order valence-corrected chi connectivity index (χ0v) is 17.3. The molecule has 29 heavy (non-hydrogen) atoms. The van der Waals surface area contributed by atoms with Gasteiger partial charge >= 0.3 is 0 Å². The van der Waals surface area contributed by atoms with Crippen LogP contribution < -0.4 is 15.1 Å². The number of hydrogen-bond donors (Lipinski definition) is 1. The molecule has 2 heterocycles. The lowest BCUT2D eigenvalue weighted by Crippen LogP contribution is -2.51. The molecule has 7 nitrogen and oxygen atoms in total. The average Bonchev–Trinajstić information content (AvgIpc) is 3.52. The number of hydrogen-bond acceptors (Lipinski definition) is 5. The average molecular weight is 399 g/mol. The van der Waals surface area contributed by atoms with E-state index in [0.717, 1.165) is 31.6 Å². The Hall–Kier alpha value is -2.57. The molecule has 3 fully saturated rings. The Labute approximate surface area is 172 Å². The maximum Gasteiger partial charge on any atom is 0.228 e. The number of anilines is 2. The molecule has 0 aromatic heterocycles. The monoisotopic (exact) mass is 398 g/mol. The number of benzene rings is 1. The molecule has 1 aromatic carbocycles. The third-order valence-corrected chi connectivity index (χ3v) is 6.53. The van der Waals surface area contributed by atoms with Crippen LogP contribution >= 0.6 is 0 Å². The first kappa shape index (κ1) is 19.7. The van der Waals surface area contributed by atoms with E-state index in [2.05, 4.69) is 39.4 Å². The third kappa shape index (κ3) is 3.95. The summed E-state index contributed by atoms with van der Waals surface area (Å²) in [5.74, 6) is 0.0852. The minimum atomic E-state index is -0.777. The van der Waals surface area contributed by atoms with Crippen LogP contribution in [0.4, 0.5) is 11.4 Å². The van der Waals surface area contributed by atoms with Gasteiger partial charge in [0, 0.05) is 58.1 Å². The van der Waals surface area contributed by atoms with Gasteiger partial charge < -0.3 is 20.0 Å². The zero-order valence-electron chi connectivity index (χ0n) is 17.3. The molecule has 0 spiro atoms. The number of Topliss-reactive ketones (excluding diaryl/α,β-unsaturated/α-hetero) is 1. The zero-order chi connectivity index (χ0) is 20.6. The van der Waals surface area contributed by atoms with Gasteiger partial charge in [0.25, 0.3) is 0 Å². The van der Waals surface area contributed by atoms with E-state index in [1.165, 1.54) is 5.69 Å². The predicted molar refractivity (Wildman–Crippen MR) is 112 cm³/mol. The first-order valence-electron chi connectivity index (χ1n) is 10.5. The normalized spacial score (nSPS) is 24.6. The van der Waals surface area contributed by atoms with E-state index < -0.39 is 5.54 Å². The molecule has 2 amide bonds. The lowest BCUT2D eigenvalue weighted by molar-refractivity contribution is -0.132. The van der Waals surface area contributed by atoms with Crippen LogP contribution in [0.15, 0.2) is 24.3 Å². The van der Waals surface area contributed by atoms with Crippen molar-refractivity contribution < 1.29 is 14.4 Å². The summed E-state index contributed by atoms with van der Waals surface area (Å²) in [4.78, 5) is 43.3. The van der Waals surface area contributed by atoms with Crippen LogP contribution in [-0.4, -0.2) is 68.3 Å². The summed E-state index contributed by atoms with van der Waals surface area (Å²) in [7, 11) is 4.06. The molecule has 4 rings (SSSR count). The molecule has 156 valence electrons. The Morgan fingerprint density at radius 2 is 1.90 bits per heavy atom. The van der Waals surface area contributed by atoms with Gasteiger partial charge in [-0.25, -0.2) is 0 Å². The topological polar surface area (TPSA) is 73.0 Å². The summed E-state index contributed by atoms with van der Waals surface area (Å²) in [5.41, 5.74) is 1.56. The van der Waals surface area contributed by atoms with E-state index in [4.69, 9.17) is 0 Å². The minimum Gasteiger partial charge on any atom is -0.378 e. The fourth-order valence-electron chi connectivity index (χ4n) is 4.62. The second-order valence-corrected chi connectivity index (χ2v) is 8.68. The quantitative estimate of drug-likeness (QED) is 0.734. The highest BCUT2D eigenvalue weighted by molar-refractivity contribution is 6.10. The summed E-state index contributed by atoms with van der Waals surface area (Å²) in [6, 6.07) is 8.43. The van der Waals surface area contributed by atoms with Crippen molar-refractivity contribution in [3.8, 4) is 0 Å². The lowest BCUT2D eigenvalue weighted by Gasteiger charge is -2.37. The standard InChI is InChI=1S/C22H30N4O3/c1-24(2)17-4-3-5-18(14-17)25-10-12-26(13-11-25)21(29)8-9-22(16-6-7-16)19(27)15-20(28)23-22/h3-5,14,16H,6-13,15H2,1-2H3,(H,23,28). The van der Waals surface area contributed by atoms with Crippen molar-refractivity contribution in [1.29, 1.82) is 0 Å². The van der Waals surface area contributed by atoms with E-state index in [9.17, 15) is 14.4 Å². The Morgan fingerprint density at radius 3 is 2.48 bits per heavy atom. The molecule has 2 aliphatic heterocycles. The molecule has 1 saturated carbocycles.